The molecule has 0 bridgehead atoms. The lowest BCUT2D eigenvalue weighted by Gasteiger charge is -2.07. The second-order valence-electron chi connectivity index (χ2n) is 3.32. The predicted molar refractivity (Wildman–Crippen MR) is 51.8 cm³/mol. The van der Waals surface area contributed by atoms with Crippen LogP contribution in [-0.4, -0.2) is 23.6 Å². The van der Waals surface area contributed by atoms with Gasteiger partial charge in [-0.2, -0.15) is 17.6 Å². The number of carbonyl (C=O) groups is 1. The molecule has 0 atom stereocenters. The Kier molecular flexibility index (Phi) is 4.42. The molecule has 3 nitrogen and oxygen atoms in total. The molecule has 0 radical (unpaired) electrons. The molecular formula is C10H10F4N2O. The van der Waals surface area contributed by atoms with Crippen LogP contribution in [-0.2, 0) is 0 Å². The molecule has 1 amide bonds. The van der Waals surface area contributed by atoms with E-state index in [9.17, 15) is 22.4 Å². The van der Waals surface area contributed by atoms with Gasteiger partial charge in [0.25, 0.3) is 5.91 Å². The van der Waals surface area contributed by atoms with Crippen LogP contribution >= 0.6 is 0 Å². The van der Waals surface area contributed by atoms with Crippen LogP contribution in [0.3, 0.4) is 0 Å². The van der Waals surface area contributed by atoms with Crippen molar-refractivity contribution in [1.82, 2.24) is 10.3 Å². The Morgan fingerprint density at radius 3 is 2.65 bits per heavy atom. The summed E-state index contributed by atoms with van der Waals surface area (Å²) in [4.78, 5) is 14.6. The summed E-state index contributed by atoms with van der Waals surface area (Å²) in [7, 11) is 0. The molecule has 1 aromatic heterocycles. The zero-order valence-corrected chi connectivity index (χ0v) is 8.72. The summed E-state index contributed by atoms with van der Waals surface area (Å²) >= 11 is 0. The number of hydrogen-bond acceptors (Lipinski definition) is 2. The number of amides is 1. The van der Waals surface area contributed by atoms with E-state index in [0.29, 0.717) is 0 Å². The lowest BCUT2D eigenvalue weighted by atomic mass is 10.3. The van der Waals surface area contributed by atoms with Gasteiger partial charge in [0.2, 0.25) is 5.95 Å². The highest BCUT2D eigenvalue weighted by atomic mass is 19.4. The van der Waals surface area contributed by atoms with E-state index in [0.717, 1.165) is 6.07 Å². The van der Waals surface area contributed by atoms with Gasteiger partial charge in [0.1, 0.15) is 5.69 Å². The monoisotopic (exact) mass is 250 g/mol. The molecule has 0 spiro atoms. The van der Waals surface area contributed by atoms with Crippen molar-refractivity contribution in [3.8, 4) is 0 Å². The number of nitrogens with zero attached hydrogens (tertiary/aromatic N) is 1. The number of pyridine rings is 1. The van der Waals surface area contributed by atoms with Crippen LogP contribution in [0, 0.1) is 5.95 Å². The van der Waals surface area contributed by atoms with Crippen LogP contribution in [0.15, 0.2) is 18.2 Å². The molecular weight excluding hydrogens is 240 g/mol. The Balaban J connectivity index is 2.36. The normalized spacial score (nSPS) is 11.3. The van der Waals surface area contributed by atoms with E-state index in [1.807, 2.05) is 0 Å². The maximum absolute atomic E-state index is 12.6. The Morgan fingerprint density at radius 2 is 2.06 bits per heavy atom. The Hall–Kier alpha value is -1.66. The largest absolute Gasteiger partial charge is 0.389 e. The number of carbonyl (C=O) groups excluding carboxylic acids is 1. The first kappa shape index (κ1) is 13.4. The molecule has 1 rings (SSSR count). The average molecular weight is 250 g/mol. The van der Waals surface area contributed by atoms with E-state index >= 15 is 0 Å². The molecule has 0 unspecified atom stereocenters. The van der Waals surface area contributed by atoms with Gasteiger partial charge >= 0.3 is 6.18 Å². The number of nitrogens with one attached hydrogen (secondary N) is 1. The fourth-order valence-electron chi connectivity index (χ4n) is 1.12. The van der Waals surface area contributed by atoms with Gasteiger partial charge in [0.05, 0.1) is 0 Å². The third kappa shape index (κ3) is 5.28. The standard InChI is InChI=1S/C10H10F4N2O/c11-8-4-1-3-7(16-8)9(17)15-6-2-5-10(12,13)14/h1,3-4H,2,5-6H2,(H,15,17). The zero-order chi connectivity index (χ0) is 12.9. The molecule has 0 aliphatic rings. The maximum Gasteiger partial charge on any atom is 0.389 e. The van der Waals surface area contributed by atoms with Crippen molar-refractivity contribution < 1.29 is 22.4 Å². The summed E-state index contributed by atoms with van der Waals surface area (Å²) in [5.74, 6) is -1.50. The second kappa shape index (κ2) is 5.60. The first-order valence-corrected chi connectivity index (χ1v) is 4.86. The fourth-order valence-corrected chi connectivity index (χ4v) is 1.12. The van der Waals surface area contributed by atoms with E-state index in [1.54, 1.807) is 0 Å². The van der Waals surface area contributed by atoms with Crippen LogP contribution in [0.5, 0.6) is 0 Å². The number of hydrogen-bond donors (Lipinski definition) is 1. The average Bonchev–Trinajstić information content (AvgIpc) is 2.23. The van der Waals surface area contributed by atoms with Crippen LogP contribution in [0.2, 0.25) is 0 Å². The molecule has 7 heteroatoms. The van der Waals surface area contributed by atoms with Gasteiger partial charge < -0.3 is 5.32 Å². The number of aromatic nitrogens is 1. The zero-order valence-electron chi connectivity index (χ0n) is 8.72. The lowest BCUT2D eigenvalue weighted by molar-refractivity contribution is -0.135. The molecule has 1 N–H and O–H groups in total. The molecule has 0 aliphatic heterocycles. The molecule has 1 heterocycles. The summed E-state index contributed by atoms with van der Waals surface area (Å²) < 4.78 is 48.0. The molecule has 0 aromatic carbocycles. The van der Waals surface area contributed by atoms with Gasteiger partial charge in [0, 0.05) is 13.0 Å². The van der Waals surface area contributed by atoms with E-state index in [4.69, 9.17) is 0 Å². The molecule has 1 aromatic rings. The minimum absolute atomic E-state index is 0.128. The first-order valence-electron chi connectivity index (χ1n) is 4.86. The van der Waals surface area contributed by atoms with Gasteiger partial charge in [0.15, 0.2) is 0 Å². The van der Waals surface area contributed by atoms with Crippen LogP contribution in [0.25, 0.3) is 0 Å². The van der Waals surface area contributed by atoms with Crippen molar-refractivity contribution in [3.63, 3.8) is 0 Å². The lowest BCUT2D eigenvalue weighted by Crippen LogP contribution is -2.26. The minimum Gasteiger partial charge on any atom is -0.351 e. The summed E-state index contributed by atoms with van der Waals surface area (Å²) in [6.45, 7) is -0.128. The summed E-state index contributed by atoms with van der Waals surface area (Å²) in [5.41, 5.74) is -0.156. The smallest absolute Gasteiger partial charge is 0.351 e. The van der Waals surface area contributed by atoms with Crippen molar-refractivity contribution in [2.24, 2.45) is 0 Å². The quantitative estimate of drug-likeness (QED) is 0.506. The Labute approximate surface area is 94.8 Å². The van der Waals surface area contributed by atoms with Gasteiger partial charge in [-0.3, -0.25) is 4.79 Å². The van der Waals surface area contributed by atoms with Crippen molar-refractivity contribution in [1.29, 1.82) is 0 Å². The third-order valence-electron chi connectivity index (χ3n) is 1.87. The predicted octanol–water partition coefficient (Wildman–Crippen LogP) is 2.29. The Bertz CT molecular complexity index is 392. The molecule has 0 saturated heterocycles. The molecule has 94 valence electrons. The van der Waals surface area contributed by atoms with E-state index in [2.05, 4.69) is 10.3 Å². The molecule has 0 saturated carbocycles. The molecule has 17 heavy (non-hydrogen) atoms. The molecule has 0 fully saturated rings. The fraction of sp³-hybridized carbons (Fsp3) is 0.400. The van der Waals surface area contributed by atoms with Gasteiger partial charge in [-0.15, -0.1) is 0 Å². The van der Waals surface area contributed by atoms with Gasteiger partial charge in [-0.25, -0.2) is 4.98 Å². The van der Waals surface area contributed by atoms with Crippen LogP contribution < -0.4 is 5.32 Å². The first-order chi connectivity index (χ1) is 7.88. The van der Waals surface area contributed by atoms with Gasteiger partial charge in [-0.05, 0) is 18.6 Å². The Morgan fingerprint density at radius 1 is 1.35 bits per heavy atom. The summed E-state index contributed by atoms with van der Waals surface area (Å²) in [6.07, 6.45) is -5.42. The van der Waals surface area contributed by atoms with E-state index in [1.165, 1.54) is 12.1 Å². The van der Waals surface area contributed by atoms with Crippen molar-refractivity contribution in [3.05, 3.63) is 29.8 Å². The van der Waals surface area contributed by atoms with Crippen molar-refractivity contribution >= 4 is 5.91 Å². The SMILES string of the molecule is O=C(NCCCC(F)(F)F)c1cccc(F)n1. The minimum atomic E-state index is -4.23. The van der Waals surface area contributed by atoms with E-state index in [-0.39, 0.29) is 18.7 Å². The highest BCUT2D eigenvalue weighted by Gasteiger charge is 2.26. The number of rotatable bonds is 4. The van der Waals surface area contributed by atoms with E-state index < -0.39 is 24.5 Å². The highest BCUT2D eigenvalue weighted by molar-refractivity contribution is 5.92. The maximum atomic E-state index is 12.6. The topological polar surface area (TPSA) is 42.0 Å². The van der Waals surface area contributed by atoms with Crippen LogP contribution in [0.1, 0.15) is 23.3 Å². The molecule has 0 aliphatic carbocycles. The van der Waals surface area contributed by atoms with Crippen molar-refractivity contribution in [2.75, 3.05) is 6.54 Å². The highest BCUT2D eigenvalue weighted by Crippen LogP contribution is 2.20. The number of halogens is 4. The van der Waals surface area contributed by atoms with Crippen LogP contribution in [0.4, 0.5) is 17.6 Å². The van der Waals surface area contributed by atoms with Gasteiger partial charge in [-0.1, -0.05) is 6.07 Å². The second-order valence-corrected chi connectivity index (χ2v) is 3.32. The summed E-state index contributed by atoms with van der Waals surface area (Å²) in [5, 5.41) is 2.23. The number of alkyl halides is 3. The third-order valence-corrected chi connectivity index (χ3v) is 1.87. The summed E-state index contributed by atoms with van der Waals surface area (Å²) in [6, 6.07) is 3.65. The van der Waals surface area contributed by atoms with Crippen molar-refractivity contribution in [2.45, 2.75) is 19.0 Å².